The predicted molar refractivity (Wildman–Crippen MR) is 99.0 cm³/mol. The number of rotatable bonds is 5. The summed E-state index contributed by atoms with van der Waals surface area (Å²) in [6.07, 6.45) is 0. The van der Waals surface area contributed by atoms with Crippen molar-refractivity contribution in [1.29, 1.82) is 0 Å². The number of carbonyl (C=O) groups excluding carboxylic acids is 1. The van der Waals surface area contributed by atoms with Gasteiger partial charge in [-0.25, -0.2) is 17.9 Å². The number of ether oxygens (including phenoxy) is 3. The minimum absolute atomic E-state index is 0.0194. The average Bonchev–Trinajstić information content (AvgIpc) is 2.66. The van der Waals surface area contributed by atoms with Crippen molar-refractivity contribution in [1.82, 2.24) is 4.72 Å². The van der Waals surface area contributed by atoms with Gasteiger partial charge in [-0.05, 0) is 42.8 Å². The lowest BCUT2D eigenvalue weighted by atomic mass is 10.1. The minimum Gasteiger partial charge on any atom is -0.486 e. The van der Waals surface area contributed by atoms with Crippen LogP contribution in [-0.2, 0) is 14.8 Å². The maximum Gasteiger partial charge on any atom is 0.339 e. The molecule has 0 aromatic heterocycles. The molecule has 0 aliphatic carbocycles. The van der Waals surface area contributed by atoms with E-state index >= 15 is 0 Å². The van der Waals surface area contributed by atoms with Gasteiger partial charge in [0.15, 0.2) is 11.5 Å². The molecule has 9 heteroatoms. The molecule has 1 aliphatic heterocycles. The molecule has 2 aromatic carbocycles. The van der Waals surface area contributed by atoms with Gasteiger partial charge in [0.05, 0.1) is 22.6 Å². The molecule has 3 rings (SSSR count). The lowest BCUT2D eigenvalue weighted by molar-refractivity contribution is 0.0600. The Kier molecular flexibility index (Phi) is 5.59. The summed E-state index contributed by atoms with van der Waals surface area (Å²) in [5, 5.41) is 0.112. The summed E-state index contributed by atoms with van der Waals surface area (Å²) in [6, 6.07) is 8.57. The standard InChI is InChI=1S/C18H18ClNO6S/c1-11(12-3-6-16-17(9-12)26-8-7-25-16)20-27(22,23)13-4-5-15(19)14(10-13)18(21)24-2/h3-6,9-11,20H,7-8H2,1-2H3/t11-/m0/s1. The van der Waals surface area contributed by atoms with Gasteiger partial charge in [0, 0.05) is 6.04 Å². The maximum absolute atomic E-state index is 12.7. The van der Waals surface area contributed by atoms with Crippen molar-refractivity contribution in [3.05, 3.63) is 52.5 Å². The van der Waals surface area contributed by atoms with Crippen LogP contribution in [0.25, 0.3) is 0 Å². The second-order valence-electron chi connectivity index (χ2n) is 5.88. The summed E-state index contributed by atoms with van der Waals surface area (Å²) in [6.45, 7) is 2.63. The lowest BCUT2D eigenvalue weighted by Crippen LogP contribution is -2.27. The Morgan fingerprint density at radius 3 is 2.56 bits per heavy atom. The van der Waals surface area contributed by atoms with E-state index in [1.807, 2.05) is 0 Å². The van der Waals surface area contributed by atoms with Crippen LogP contribution in [0.2, 0.25) is 5.02 Å². The minimum atomic E-state index is -3.90. The predicted octanol–water partition coefficient (Wildman–Crippen LogP) is 2.94. The number of hydrogen-bond acceptors (Lipinski definition) is 6. The smallest absolute Gasteiger partial charge is 0.339 e. The number of nitrogens with one attached hydrogen (secondary N) is 1. The number of methoxy groups -OCH3 is 1. The van der Waals surface area contributed by atoms with Gasteiger partial charge in [-0.2, -0.15) is 0 Å². The van der Waals surface area contributed by atoms with E-state index in [0.29, 0.717) is 30.3 Å². The highest BCUT2D eigenvalue weighted by molar-refractivity contribution is 7.89. The number of fused-ring (bicyclic) bond motifs is 1. The van der Waals surface area contributed by atoms with Gasteiger partial charge in [0.25, 0.3) is 0 Å². The van der Waals surface area contributed by atoms with Crippen LogP contribution < -0.4 is 14.2 Å². The Morgan fingerprint density at radius 1 is 1.15 bits per heavy atom. The Balaban J connectivity index is 1.85. The molecule has 1 heterocycles. The monoisotopic (exact) mass is 411 g/mol. The van der Waals surface area contributed by atoms with Gasteiger partial charge in [-0.15, -0.1) is 0 Å². The second kappa shape index (κ2) is 7.75. The molecule has 0 unspecified atom stereocenters. The van der Waals surface area contributed by atoms with Crippen molar-refractivity contribution in [2.45, 2.75) is 17.9 Å². The van der Waals surface area contributed by atoms with E-state index in [1.54, 1.807) is 25.1 Å². The fourth-order valence-corrected chi connectivity index (χ4v) is 4.09. The van der Waals surface area contributed by atoms with Crippen molar-refractivity contribution in [3.63, 3.8) is 0 Å². The van der Waals surface area contributed by atoms with Gasteiger partial charge in [-0.3, -0.25) is 0 Å². The van der Waals surface area contributed by atoms with E-state index < -0.39 is 22.0 Å². The third kappa shape index (κ3) is 4.18. The quantitative estimate of drug-likeness (QED) is 0.760. The van der Waals surface area contributed by atoms with Crippen molar-refractivity contribution in [2.75, 3.05) is 20.3 Å². The van der Waals surface area contributed by atoms with Crippen molar-refractivity contribution in [2.24, 2.45) is 0 Å². The summed E-state index contributed by atoms with van der Waals surface area (Å²) in [7, 11) is -2.70. The van der Waals surface area contributed by atoms with Gasteiger partial charge in [-0.1, -0.05) is 17.7 Å². The van der Waals surface area contributed by atoms with Gasteiger partial charge in [0.1, 0.15) is 13.2 Å². The number of benzene rings is 2. The van der Waals surface area contributed by atoms with E-state index in [0.717, 1.165) is 0 Å². The first-order valence-electron chi connectivity index (χ1n) is 8.11. The van der Waals surface area contributed by atoms with Crippen molar-refractivity contribution in [3.8, 4) is 11.5 Å². The second-order valence-corrected chi connectivity index (χ2v) is 8.00. The molecule has 0 saturated heterocycles. The Hall–Kier alpha value is -2.29. The number of hydrogen-bond donors (Lipinski definition) is 1. The highest BCUT2D eigenvalue weighted by Gasteiger charge is 2.23. The molecule has 144 valence electrons. The largest absolute Gasteiger partial charge is 0.486 e. The summed E-state index contributed by atoms with van der Waals surface area (Å²) < 4.78 is 43.6. The first-order chi connectivity index (χ1) is 12.8. The molecule has 0 spiro atoms. The molecule has 7 nitrogen and oxygen atoms in total. The summed E-state index contributed by atoms with van der Waals surface area (Å²) in [5.74, 6) is 0.488. The van der Waals surface area contributed by atoms with Gasteiger partial charge >= 0.3 is 5.97 Å². The topological polar surface area (TPSA) is 90.9 Å². The SMILES string of the molecule is COC(=O)c1cc(S(=O)(=O)N[C@@H](C)c2ccc3c(c2)OCCO3)ccc1Cl. The third-order valence-electron chi connectivity index (χ3n) is 4.05. The Morgan fingerprint density at radius 2 is 1.85 bits per heavy atom. The van der Waals surface area contributed by atoms with Crippen LogP contribution in [0.4, 0.5) is 0 Å². The van der Waals surface area contributed by atoms with E-state index in [1.165, 1.54) is 25.3 Å². The molecule has 0 amide bonds. The molecule has 0 saturated carbocycles. The molecule has 2 aromatic rings. The first-order valence-corrected chi connectivity index (χ1v) is 9.97. The van der Waals surface area contributed by atoms with Crippen LogP contribution in [0, 0.1) is 0 Å². The molecule has 1 N–H and O–H groups in total. The molecule has 1 aliphatic rings. The normalized spacial score (nSPS) is 14.5. The van der Waals surface area contributed by atoms with Crippen molar-refractivity contribution < 1.29 is 27.4 Å². The molecular weight excluding hydrogens is 394 g/mol. The van der Waals surface area contributed by atoms with E-state index in [4.69, 9.17) is 21.1 Å². The first kappa shape index (κ1) is 19.5. The summed E-state index contributed by atoms with van der Waals surface area (Å²) in [5.41, 5.74) is 0.694. The molecular formula is C18H18ClNO6S. The molecule has 0 fully saturated rings. The van der Waals surface area contributed by atoms with E-state index in [2.05, 4.69) is 9.46 Å². The number of halogens is 1. The Bertz CT molecular complexity index is 976. The molecule has 0 bridgehead atoms. The third-order valence-corrected chi connectivity index (χ3v) is 5.92. The summed E-state index contributed by atoms with van der Waals surface area (Å²) >= 11 is 5.95. The van der Waals surface area contributed by atoms with Crippen molar-refractivity contribution >= 4 is 27.6 Å². The van der Waals surface area contributed by atoms with Crippen LogP contribution >= 0.6 is 11.6 Å². The number of sulfonamides is 1. The van der Waals surface area contributed by atoms with Crippen LogP contribution in [-0.4, -0.2) is 34.7 Å². The van der Waals surface area contributed by atoms with Crippen LogP contribution in [0.15, 0.2) is 41.3 Å². The Labute approximate surface area is 162 Å². The van der Waals surface area contributed by atoms with Crippen LogP contribution in [0.3, 0.4) is 0 Å². The van der Waals surface area contributed by atoms with Crippen LogP contribution in [0.5, 0.6) is 11.5 Å². The molecule has 0 radical (unpaired) electrons. The maximum atomic E-state index is 12.7. The average molecular weight is 412 g/mol. The highest BCUT2D eigenvalue weighted by atomic mass is 35.5. The molecule has 1 atom stereocenters. The molecule has 27 heavy (non-hydrogen) atoms. The van der Waals surface area contributed by atoms with E-state index in [9.17, 15) is 13.2 Å². The zero-order valence-electron chi connectivity index (χ0n) is 14.7. The van der Waals surface area contributed by atoms with Gasteiger partial charge < -0.3 is 14.2 Å². The zero-order chi connectivity index (χ0) is 19.6. The summed E-state index contributed by atoms with van der Waals surface area (Å²) in [4.78, 5) is 11.7. The fourth-order valence-electron chi connectivity index (χ4n) is 2.64. The fraction of sp³-hybridized carbons (Fsp3) is 0.278. The van der Waals surface area contributed by atoms with Gasteiger partial charge in [0.2, 0.25) is 10.0 Å². The number of esters is 1. The highest BCUT2D eigenvalue weighted by Crippen LogP contribution is 2.33. The van der Waals surface area contributed by atoms with E-state index in [-0.39, 0.29) is 15.5 Å². The number of carbonyl (C=O) groups is 1. The van der Waals surface area contributed by atoms with Crippen LogP contribution in [0.1, 0.15) is 28.9 Å². The lowest BCUT2D eigenvalue weighted by Gasteiger charge is -2.21. The zero-order valence-corrected chi connectivity index (χ0v) is 16.3.